The zero-order chi connectivity index (χ0) is 16.0. The van der Waals surface area contributed by atoms with Crippen molar-refractivity contribution in [3.63, 3.8) is 0 Å². The molecule has 0 fully saturated rings. The third-order valence-corrected chi connectivity index (χ3v) is 3.74. The molecule has 0 atom stereocenters. The SMILES string of the molecule is CCCOc1cc(C)c(/C(=C/CC(=O)O)CC)c(C)c1C. The number of hydrogen-bond donors (Lipinski definition) is 1. The second-order valence-electron chi connectivity index (χ2n) is 5.35. The lowest BCUT2D eigenvalue weighted by Gasteiger charge is -2.19. The number of ether oxygens (including phenoxy) is 1. The summed E-state index contributed by atoms with van der Waals surface area (Å²) in [4.78, 5) is 10.8. The van der Waals surface area contributed by atoms with Gasteiger partial charge in [-0.25, -0.2) is 0 Å². The minimum Gasteiger partial charge on any atom is -0.493 e. The number of aryl methyl sites for hydroxylation is 1. The third-order valence-electron chi connectivity index (χ3n) is 3.74. The summed E-state index contributed by atoms with van der Waals surface area (Å²) >= 11 is 0. The minimum absolute atomic E-state index is 0.0647. The van der Waals surface area contributed by atoms with Gasteiger partial charge in [-0.2, -0.15) is 0 Å². The topological polar surface area (TPSA) is 46.5 Å². The Labute approximate surface area is 127 Å². The molecule has 0 bridgehead atoms. The van der Waals surface area contributed by atoms with Gasteiger partial charge in [0, 0.05) is 0 Å². The van der Waals surface area contributed by atoms with Crippen molar-refractivity contribution in [1.82, 2.24) is 0 Å². The van der Waals surface area contributed by atoms with Crippen molar-refractivity contribution < 1.29 is 14.6 Å². The lowest BCUT2D eigenvalue weighted by Crippen LogP contribution is -2.03. The molecule has 3 heteroatoms. The molecule has 0 unspecified atom stereocenters. The molecule has 0 amide bonds. The Balaban J connectivity index is 3.27. The summed E-state index contributed by atoms with van der Waals surface area (Å²) in [6, 6.07) is 2.07. The van der Waals surface area contributed by atoms with Crippen LogP contribution in [0.2, 0.25) is 0 Å². The van der Waals surface area contributed by atoms with Gasteiger partial charge in [-0.3, -0.25) is 4.79 Å². The summed E-state index contributed by atoms with van der Waals surface area (Å²) in [5.41, 5.74) is 5.72. The molecule has 0 aliphatic carbocycles. The third kappa shape index (κ3) is 4.35. The van der Waals surface area contributed by atoms with Gasteiger partial charge in [0.15, 0.2) is 0 Å². The number of aliphatic carboxylic acids is 1. The molecule has 0 saturated carbocycles. The minimum atomic E-state index is -0.795. The number of carbonyl (C=O) groups is 1. The second-order valence-corrected chi connectivity index (χ2v) is 5.35. The van der Waals surface area contributed by atoms with E-state index in [1.807, 2.05) is 6.08 Å². The molecule has 0 aromatic heterocycles. The van der Waals surface area contributed by atoms with Crippen LogP contribution < -0.4 is 4.74 Å². The van der Waals surface area contributed by atoms with Crippen molar-refractivity contribution in [2.75, 3.05) is 6.61 Å². The van der Waals surface area contributed by atoms with E-state index in [4.69, 9.17) is 9.84 Å². The Morgan fingerprint density at radius 2 is 1.90 bits per heavy atom. The normalized spacial score (nSPS) is 11.6. The molecule has 1 N–H and O–H groups in total. The maximum atomic E-state index is 10.8. The molecule has 0 radical (unpaired) electrons. The summed E-state index contributed by atoms with van der Waals surface area (Å²) in [5, 5.41) is 8.87. The summed E-state index contributed by atoms with van der Waals surface area (Å²) < 4.78 is 5.80. The molecule has 0 spiro atoms. The van der Waals surface area contributed by atoms with Crippen LogP contribution in [0.1, 0.15) is 55.4 Å². The molecular formula is C18H26O3. The quantitative estimate of drug-likeness (QED) is 0.793. The van der Waals surface area contributed by atoms with Gasteiger partial charge in [0.05, 0.1) is 13.0 Å². The maximum Gasteiger partial charge on any atom is 0.307 e. The van der Waals surface area contributed by atoms with Crippen LogP contribution >= 0.6 is 0 Å². The van der Waals surface area contributed by atoms with Gasteiger partial charge < -0.3 is 9.84 Å². The predicted octanol–water partition coefficient (Wildman–Crippen LogP) is 4.67. The number of carboxylic acid groups (broad SMARTS) is 1. The number of carboxylic acids is 1. The summed E-state index contributed by atoms with van der Waals surface area (Å²) in [7, 11) is 0. The number of hydrogen-bond acceptors (Lipinski definition) is 2. The lowest BCUT2D eigenvalue weighted by atomic mass is 9.90. The Hall–Kier alpha value is -1.77. The molecule has 1 rings (SSSR count). The number of allylic oxidation sites excluding steroid dienone is 1. The average Bonchev–Trinajstić information content (AvgIpc) is 2.44. The van der Waals surface area contributed by atoms with E-state index in [-0.39, 0.29) is 6.42 Å². The van der Waals surface area contributed by atoms with Crippen molar-refractivity contribution in [2.24, 2.45) is 0 Å². The first-order valence-electron chi connectivity index (χ1n) is 7.57. The fraction of sp³-hybridized carbons (Fsp3) is 0.500. The van der Waals surface area contributed by atoms with Crippen molar-refractivity contribution in [2.45, 2.75) is 53.9 Å². The van der Waals surface area contributed by atoms with Gasteiger partial charge in [-0.1, -0.05) is 19.9 Å². The zero-order valence-corrected chi connectivity index (χ0v) is 13.7. The summed E-state index contributed by atoms with van der Waals surface area (Å²) in [5.74, 6) is 0.139. The van der Waals surface area contributed by atoms with Gasteiger partial charge in [0.1, 0.15) is 5.75 Å². The Kier molecular flexibility index (Phi) is 6.47. The Morgan fingerprint density at radius 1 is 1.24 bits per heavy atom. The maximum absolute atomic E-state index is 10.8. The van der Waals surface area contributed by atoms with E-state index >= 15 is 0 Å². The highest BCUT2D eigenvalue weighted by atomic mass is 16.5. The van der Waals surface area contributed by atoms with Crippen LogP contribution in [-0.2, 0) is 4.79 Å². The molecule has 0 heterocycles. The number of rotatable bonds is 7. The monoisotopic (exact) mass is 290 g/mol. The highest BCUT2D eigenvalue weighted by Crippen LogP contribution is 2.33. The molecule has 21 heavy (non-hydrogen) atoms. The van der Waals surface area contributed by atoms with Crippen molar-refractivity contribution in [3.8, 4) is 5.75 Å². The van der Waals surface area contributed by atoms with E-state index in [0.717, 1.165) is 35.3 Å². The summed E-state index contributed by atoms with van der Waals surface area (Å²) in [6.07, 6.45) is 3.69. The molecule has 0 saturated heterocycles. The Morgan fingerprint density at radius 3 is 2.43 bits per heavy atom. The van der Waals surface area contributed by atoms with E-state index in [1.165, 1.54) is 11.1 Å². The molecule has 3 nitrogen and oxygen atoms in total. The molecule has 116 valence electrons. The fourth-order valence-corrected chi connectivity index (χ4v) is 2.53. The first kappa shape index (κ1) is 17.3. The van der Waals surface area contributed by atoms with E-state index in [2.05, 4.69) is 40.7 Å². The van der Waals surface area contributed by atoms with Crippen molar-refractivity contribution in [3.05, 3.63) is 34.4 Å². The Bertz CT molecular complexity index is 542. The van der Waals surface area contributed by atoms with Gasteiger partial charge in [-0.05, 0) is 67.5 Å². The first-order chi connectivity index (χ1) is 9.92. The predicted molar refractivity (Wildman–Crippen MR) is 87.0 cm³/mol. The van der Waals surface area contributed by atoms with Crippen LogP contribution in [0, 0.1) is 20.8 Å². The van der Waals surface area contributed by atoms with Gasteiger partial charge in [0.2, 0.25) is 0 Å². The molecule has 0 aliphatic heterocycles. The van der Waals surface area contributed by atoms with Crippen LogP contribution in [0.5, 0.6) is 5.75 Å². The molecular weight excluding hydrogens is 264 g/mol. The van der Waals surface area contributed by atoms with Crippen LogP contribution in [0.3, 0.4) is 0 Å². The number of benzene rings is 1. The highest BCUT2D eigenvalue weighted by molar-refractivity contribution is 5.77. The molecule has 1 aromatic carbocycles. The zero-order valence-electron chi connectivity index (χ0n) is 13.7. The van der Waals surface area contributed by atoms with Crippen LogP contribution in [-0.4, -0.2) is 17.7 Å². The average molecular weight is 290 g/mol. The van der Waals surface area contributed by atoms with Crippen LogP contribution in [0.15, 0.2) is 12.1 Å². The second kappa shape index (κ2) is 7.87. The largest absolute Gasteiger partial charge is 0.493 e. The highest BCUT2D eigenvalue weighted by Gasteiger charge is 2.14. The lowest BCUT2D eigenvalue weighted by molar-refractivity contribution is -0.135. The van der Waals surface area contributed by atoms with E-state index in [0.29, 0.717) is 6.61 Å². The van der Waals surface area contributed by atoms with Gasteiger partial charge in [0.25, 0.3) is 0 Å². The van der Waals surface area contributed by atoms with E-state index < -0.39 is 5.97 Å². The van der Waals surface area contributed by atoms with Crippen LogP contribution in [0.25, 0.3) is 5.57 Å². The van der Waals surface area contributed by atoms with Gasteiger partial charge in [-0.15, -0.1) is 0 Å². The van der Waals surface area contributed by atoms with E-state index in [1.54, 1.807) is 0 Å². The van der Waals surface area contributed by atoms with Crippen LogP contribution in [0.4, 0.5) is 0 Å². The van der Waals surface area contributed by atoms with E-state index in [9.17, 15) is 4.79 Å². The van der Waals surface area contributed by atoms with Crippen molar-refractivity contribution in [1.29, 1.82) is 0 Å². The smallest absolute Gasteiger partial charge is 0.307 e. The fourth-order valence-electron chi connectivity index (χ4n) is 2.53. The molecule has 0 aliphatic rings. The van der Waals surface area contributed by atoms with Gasteiger partial charge >= 0.3 is 5.97 Å². The van der Waals surface area contributed by atoms with Crippen molar-refractivity contribution >= 4 is 11.5 Å². The summed E-state index contributed by atoms with van der Waals surface area (Å²) in [6.45, 7) is 11.1. The standard InChI is InChI=1S/C18H26O3/c1-6-10-21-16-11-12(3)18(14(5)13(16)4)15(7-2)8-9-17(19)20/h8,11H,6-7,9-10H2,1-5H3,(H,19,20)/b15-8+. The molecule has 1 aromatic rings. The first-order valence-corrected chi connectivity index (χ1v) is 7.57.